The number of hydrogen-bond acceptors (Lipinski definition) is 5. The van der Waals surface area contributed by atoms with Crippen molar-refractivity contribution in [3.63, 3.8) is 0 Å². The van der Waals surface area contributed by atoms with Crippen molar-refractivity contribution in [2.45, 2.75) is 18.4 Å². The van der Waals surface area contributed by atoms with Gasteiger partial charge in [0, 0.05) is 36.8 Å². The van der Waals surface area contributed by atoms with E-state index in [0.717, 1.165) is 53.9 Å². The van der Waals surface area contributed by atoms with Gasteiger partial charge in [-0.05, 0) is 45.1 Å². The van der Waals surface area contributed by atoms with Crippen molar-refractivity contribution in [3.05, 3.63) is 42.6 Å². The molecule has 1 saturated heterocycles. The van der Waals surface area contributed by atoms with Crippen LogP contribution < -0.4 is 4.90 Å². The van der Waals surface area contributed by atoms with Crippen molar-refractivity contribution < 1.29 is 5.11 Å². The van der Waals surface area contributed by atoms with E-state index in [1.54, 1.807) is 0 Å². The second-order valence-corrected chi connectivity index (χ2v) is 7.47. The first-order valence-electron chi connectivity index (χ1n) is 9.06. The molecule has 0 atom stereocenters. The Labute approximate surface area is 153 Å². The maximum Gasteiger partial charge on any atom is 0.129 e. The van der Waals surface area contributed by atoms with Crippen LogP contribution in [0.15, 0.2) is 42.6 Å². The molecule has 2 N–H and O–H groups in total. The molecule has 136 valence electrons. The van der Waals surface area contributed by atoms with Crippen LogP contribution in [0.3, 0.4) is 0 Å². The molecule has 0 bridgehead atoms. The van der Waals surface area contributed by atoms with E-state index in [9.17, 15) is 5.11 Å². The molecule has 1 fully saturated rings. The van der Waals surface area contributed by atoms with Crippen LogP contribution in [0.5, 0.6) is 0 Å². The summed E-state index contributed by atoms with van der Waals surface area (Å²) in [6.07, 6.45) is 3.35. The van der Waals surface area contributed by atoms with Crippen molar-refractivity contribution >= 4 is 16.7 Å². The lowest BCUT2D eigenvalue weighted by Gasteiger charge is -2.40. The first-order valence-corrected chi connectivity index (χ1v) is 9.06. The van der Waals surface area contributed by atoms with Gasteiger partial charge in [0.1, 0.15) is 11.5 Å². The SMILES string of the molecule is CN(C)CC1(O)CCN(c2cc(-c3n[nH]c4ccccc34)ccn2)CC1. The number of H-pyrrole nitrogens is 1. The average Bonchev–Trinajstić information content (AvgIpc) is 3.06. The third-order valence-corrected chi connectivity index (χ3v) is 5.12. The van der Waals surface area contributed by atoms with E-state index in [-0.39, 0.29) is 0 Å². The maximum atomic E-state index is 10.7. The summed E-state index contributed by atoms with van der Waals surface area (Å²) in [5.74, 6) is 0.946. The van der Waals surface area contributed by atoms with Gasteiger partial charge in [0.2, 0.25) is 0 Å². The van der Waals surface area contributed by atoms with Gasteiger partial charge in [0.15, 0.2) is 0 Å². The van der Waals surface area contributed by atoms with E-state index in [0.29, 0.717) is 6.54 Å². The highest BCUT2D eigenvalue weighted by Crippen LogP contribution is 2.30. The lowest BCUT2D eigenvalue weighted by Crippen LogP contribution is -2.49. The number of pyridine rings is 1. The molecule has 1 aromatic carbocycles. The molecular weight excluding hydrogens is 326 g/mol. The molecule has 6 heteroatoms. The fourth-order valence-electron chi connectivity index (χ4n) is 3.82. The quantitative estimate of drug-likeness (QED) is 0.756. The van der Waals surface area contributed by atoms with Gasteiger partial charge in [0.05, 0.1) is 11.1 Å². The monoisotopic (exact) mass is 351 g/mol. The maximum absolute atomic E-state index is 10.7. The minimum absolute atomic E-state index is 0.601. The summed E-state index contributed by atoms with van der Waals surface area (Å²) >= 11 is 0. The average molecular weight is 351 g/mol. The molecule has 0 spiro atoms. The van der Waals surface area contributed by atoms with E-state index >= 15 is 0 Å². The smallest absolute Gasteiger partial charge is 0.129 e. The van der Waals surface area contributed by atoms with Crippen LogP contribution in [-0.4, -0.2) is 64.5 Å². The van der Waals surface area contributed by atoms with Gasteiger partial charge in [-0.1, -0.05) is 18.2 Å². The second-order valence-electron chi connectivity index (χ2n) is 7.47. The highest BCUT2D eigenvalue weighted by molar-refractivity contribution is 5.93. The number of aromatic nitrogens is 3. The Bertz CT molecular complexity index is 896. The van der Waals surface area contributed by atoms with E-state index < -0.39 is 5.60 Å². The zero-order chi connectivity index (χ0) is 18.1. The molecule has 2 aromatic heterocycles. The minimum atomic E-state index is -0.601. The number of piperidine rings is 1. The predicted octanol–water partition coefficient (Wildman–Crippen LogP) is 2.52. The number of hydrogen-bond donors (Lipinski definition) is 2. The third kappa shape index (κ3) is 3.30. The Morgan fingerprint density at radius 1 is 1.19 bits per heavy atom. The summed E-state index contributed by atoms with van der Waals surface area (Å²) in [5.41, 5.74) is 2.44. The van der Waals surface area contributed by atoms with Gasteiger partial charge in [-0.2, -0.15) is 5.10 Å². The summed E-state index contributed by atoms with van der Waals surface area (Å²) in [4.78, 5) is 8.86. The molecule has 0 amide bonds. The van der Waals surface area contributed by atoms with Crippen molar-refractivity contribution in [2.24, 2.45) is 0 Å². The highest BCUT2D eigenvalue weighted by atomic mass is 16.3. The summed E-state index contributed by atoms with van der Waals surface area (Å²) in [6, 6.07) is 12.2. The first kappa shape index (κ1) is 17.0. The first-order chi connectivity index (χ1) is 12.5. The Morgan fingerprint density at radius 3 is 2.73 bits per heavy atom. The Morgan fingerprint density at radius 2 is 1.96 bits per heavy atom. The molecule has 0 saturated carbocycles. The van der Waals surface area contributed by atoms with Crippen LogP contribution in [0.1, 0.15) is 12.8 Å². The van der Waals surface area contributed by atoms with Gasteiger partial charge in [-0.25, -0.2) is 4.98 Å². The van der Waals surface area contributed by atoms with Gasteiger partial charge >= 0.3 is 0 Å². The van der Waals surface area contributed by atoms with Gasteiger partial charge in [-0.3, -0.25) is 5.10 Å². The summed E-state index contributed by atoms with van der Waals surface area (Å²) in [6.45, 7) is 2.32. The summed E-state index contributed by atoms with van der Waals surface area (Å²) in [7, 11) is 4.01. The molecule has 6 nitrogen and oxygen atoms in total. The van der Waals surface area contributed by atoms with Crippen molar-refractivity contribution in [3.8, 4) is 11.3 Å². The molecule has 1 aliphatic heterocycles. The third-order valence-electron chi connectivity index (χ3n) is 5.12. The van der Waals surface area contributed by atoms with Gasteiger partial charge in [-0.15, -0.1) is 0 Å². The zero-order valence-corrected chi connectivity index (χ0v) is 15.3. The number of para-hydroxylation sites is 1. The molecule has 26 heavy (non-hydrogen) atoms. The number of benzene rings is 1. The Kier molecular flexibility index (Phi) is 4.38. The van der Waals surface area contributed by atoms with Gasteiger partial charge in [0.25, 0.3) is 0 Å². The largest absolute Gasteiger partial charge is 0.388 e. The van der Waals surface area contributed by atoms with Crippen LogP contribution in [0.25, 0.3) is 22.2 Å². The fraction of sp³-hybridized carbons (Fsp3) is 0.400. The number of aliphatic hydroxyl groups is 1. The molecule has 3 aromatic rings. The molecular formula is C20H25N5O. The number of nitrogens with one attached hydrogen (secondary N) is 1. The van der Waals surface area contributed by atoms with Crippen LogP contribution in [0.2, 0.25) is 0 Å². The lowest BCUT2D eigenvalue weighted by molar-refractivity contribution is -0.00547. The number of anilines is 1. The Hall–Kier alpha value is -2.44. The number of rotatable bonds is 4. The van der Waals surface area contributed by atoms with Crippen molar-refractivity contribution in [1.29, 1.82) is 0 Å². The minimum Gasteiger partial charge on any atom is -0.388 e. The zero-order valence-electron chi connectivity index (χ0n) is 15.3. The highest BCUT2D eigenvalue weighted by Gasteiger charge is 2.33. The number of nitrogens with zero attached hydrogens (tertiary/aromatic N) is 4. The topological polar surface area (TPSA) is 68.3 Å². The fourth-order valence-corrected chi connectivity index (χ4v) is 3.82. The normalized spacial score (nSPS) is 17.2. The molecule has 0 radical (unpaired) electrons. The van der Waals surface area contributed by atoms with Crippen LogP contribution >= 0.6 is 0 Å². The number of aromatic amines is 1. The van der Waals surface area contributed by atoms with Crippen LogP contribution in [0, 0.1) is 0 Å². The molecule has 3 heterocycles. The van der Waals surface area contributed by atoms with Crippen LogP contribution in [0.4, 0.5) is 5.82 Å². The standard InChI is InChI=1S/C20H25N5O/c1-24(2)14-20(26)8-11-25(12-9-20)18-13-15(7-10-21-18)19-16-5-3-4-6-17(16)22-23-19/h3-7,10,13,26H,8-9,11-12,14H2,1-2H3,(H,22,23). The van der Waals surface area contributed by atoms with Crippen molar-refractivity contribution in [2.75, 3.05) is 38.6 Å². The van der Waals surface area contributed by atoms with E-state index in [1.807, 2.05) is 44.6 Å². The molecule has 0 unspecified atom stereocenters. The van der Waals surface area contributed by atoms with Crippen LogP contribution in [-0.2, 0) is 0 Å². The second kappa shape index (κ2) is 6.70. The molecule has 1 aliphatic rings. The van der Waals surface area contributed by atoms with E-state index in [1.165, 1.54) is 0 Å². The number of likely N-dealkylation sites (N-methyl/N-ethyl adjacent to an activating group) is 1. The predicted molar refractivity (Wildman–Crippen MR) is 104 cm³/mol. The van der Waals surface area contributed by atoms with E-state index in [2.05, 4.69) is 37.1 Å². The van der Waals surface area contributed by atoms with Gasteiger partial charge < -0.3 is 14.9 Å². The summed E-state index contributed by atoms with van der Waals surface area (Å²) < 4.78 is 0. The van der Waals surface area contributed by atoms with E-state index in [4.69, 9.17) is 0 Å². The molecule has 4 rings (SSSR count). The summed E-state index contributed by atoms with van der Waals surface area (Å²) in [5, 5.41) is 19.4. The number of fused-ring (bicyclic) bond motifs is 1. The Balaban J connectivity index is 1.56. The lowest BCUT2D eigenvalue weighted by atomic mass is 9.91. The van der Waals surface area contributed by atoms with Crippen molar-refractivity contribution in [1.82, 2.24) is 20.1 Å². The molecule has 0 aliphatic carbocycles.